The van der Waals surface area contributed by atoms with E-state index in [-0.39, 0.29) is 18.5 Å². The number of amides is 1. The average molecular weight is 1060 g/mol. The normalized spacial score (nSPS) is 12.6. The van der Waals surface area contributed by atoms with Gasteiger partial charge in [-0.2, -0.15) is 0 Å². The maximum absolute atomic E-state index is 12.5. The van der Waals surface area contributed by atoms with Crippen LogP contribution in [0, 0.1) is 0 Å². The lowest BCUT2D eigenvalue weighted by atomic mass is 10.0. The van der Waals surface area contributed by atoms with Gasteiger partial charge in [0, 0.05) is 12.8 Å². The molecule has 0 aliphatic heterocycles. The average Bonchev–Trinajstić information content (AvgIpc) is 3.41. The number of hydrogen-bond donors (Lipinski definition) is 3. The molecule has 0 aliphatic rings. The summed E-state index contributed by atoms with van der Waals surface area (Å²) in [6.07, 6.45) is 80.8. The molecule has 2 atom stereocenters. The van der Waals surface area contributed by atoms with Crippen LogP contribution in [0.2, 0.25) is 0 Å². The summed E-state index contributed by atoms with van der Waals surface area (Å²) >= 11 is 0. The number of allylic oxidation sites excluding steroid dienone is 4. The zero-order valence-corrected chi connectivity index (χ0v) is 50.8. The first-order valence-corrected chi connectivity index (χ1v) is 34.1. The fraction of sp³-hybridized carbons (Fsp3) is 0.913. The Labute approximate surface area is 469 Å². The lowest BCUT2D eigenvalue weighted by molar-refractivity contribution is -0.143. The van der Waals surface area contributed by atoms with Gasteiger partial charge in [-0.15, -0.1) is 0 Å². The molecule has 0 saturated heterocycles. The van der Waals surface area contributed by atoms with Gasteiger partial charge in [0.2, 0.25) is 5.91 Å². The molecule has 444 valence electrons. The van der Waals surface area contributed by atoms with Crippen molar-refractivity contribution >= 4 is 11.9 Å². The smallest absolute Gasteiger partial charge is 0.305 e. The van der Waals surface area contributed by atoms with Crippen molar-refractivity contribution in [2.75, 3.05) is 13.2 Å². The van der Waals surface area contributed by atoms with Gasteiger partial charge >= 0.3 is 5.97 Å². The summed E-state index contributed by atoms with van der Waals surface area (Å²) < 4.78 is 5.48. The lowest BCUT2D eigenvalue weighted by Gasteiger charge is -2.22. The zero-order chi connectivity index (χ0) is 54.3. The van der Waals surface area contributed by atoms with Gasteiger partial charge in [-0.05, 0) is 57.8 Å². The first-order chi connectivity index (χ1) is 37.0. The molecule has 75 heavy (non-hydrogen) atoms. The molecule has 0 spiro atoms. The van der Waals surface area contributed by atoms with E-state index in [4.69, 9.17) is 4.74 Å². The predicted molar refractivity (Wildman–Crippen MR) is 329 cm³/mol. The SMILES string of the molecule is CCCCCCCCCCCCCCCC(=O)OCCCCCCCCCCC/C=C\C/C=C\CCCCCCCCCCCCCCCCCCCC(=O)NC(CO)C(O)CCCCCCCCCCCCCC. The summed E-state index contributed by atoms with van der Waals surface area (Å²) in [5, 5.41) is 23.2. The maximum Gasteiger partial charge on any atom is 0.305 e. The second kappa shape index (κ2) is 64.9. The van der Waals surface area contributed by atoms with Gasteiger partial charge in [-0.25, -0.2) is 0 Å². The molecular weight excluding hydrogens is 923 g/mol. The van der Waals surface area contributed by atoms with Crippen molar-refractivity contribution in [1.82, 2.24) is 5.32 Å². The monoisotopic (exact) mass is 1060 g/mol. The Balaban J connectivity index is 3.36. The molecule has 0 bridgehead atoms. The molecule has 0 aromatic rings. The van der Waals surface area contributed by atoms with Crippen molar-refractivity contribution in [1.29, 1.82) is 0 Å². The van der Waals surface area contributed by atoms with Gasteiger partial charge in [0.05, 0.1) is 25.4 Å². The summed E-state index contributed by atoms with van der Waals surface area (Å²) in [6.45, 7) is 4.97. The first-order valence-electron chi connectivity index (χ1n) is 34.1. The number of aliphatic hydroxyl groups is 2. The highest BCUT2D eigenvalue weighted by Crippen LogP contribution is 2.18. The number of unbranched alkanes of at least 4 members (excludes halogenated alkanes) is 49. The Morgan fingerprint density at radius 2 is 0.667 bits per heavy atom. The fourth-order valence-corrected chi connectivity index (χ4v) is 10.8. The van der Waals surface area contributed by atoms with Gasteiger partial charge in [0.1, 0.15) is 0 Å². The third-order valence-corrected chi connectivity index (χ3v) is 16.0. The first kappa shape index (κ1) is 73.3. The molecule has 0 radical (unpaired) electrons. The number of carbonyl (C=O) groups excluding carboxylic acids is 2. The number of carbonyl (C=O) groups is 2. The quantitative estimate of drug-likeness (QED) is 0.0320. The Bertz CT molecular complexity index is 1170. The molecular formula is C69H133NO5. The van der Waals surface area contributed by atoms with E-state index in [1.54, 1.807) is 0 Å². The van der Waals surface area contributed by atoms with E-state index < -0.39 is 12.1 Å². The van der Waals surface area contributed by atoms with Crippen LogP contribution in [0.5, 0.6) is 0 Å². The standard InChI is InChI=1S/C69H133NO5/c1-3-5-7-9-11-13-15-38-43-47-51-55-59-63-69(74)75-64-60-56-52-48-44-40-37-35-33-31-29-27-25-23-21-19-17-18-20-22-24-26-28-30-32-34-36-39-42-46-50-54-58-62-68(73)70-66(65-71)67(72)61-57-53-49-45-41-16-14-12-10-8-6-4-2/h21,23,27,29,66-67,71-72H,3-20,22,24-26,28,30-65H2,1-2H3,(H,70,73)/b23-21-,29-27-. The van der Waals surface area contributed by atoms with Crippen LogP contribution in [0.15, 0.2) is 24.3 Å². The van der Waals surface area contributed by atoms with Crippen LogP contribution in [-0.2, 0) is 14.3 Å². The molecule has 6 nitrogen and oxygen atoms in total. The molecule has 0 heterocycles. The van der Waals surface area contributed by atoms with E-state index in [0.717, 1.165) is 44.9 Å². The Hall–Kier alpha value is -1.66. The number of nitrogens with one attached hydrogen (secondary N) is 1. The van der Waals surface area contributed by atoms with E-state index in [0.29, 0.717) is 25.9 Å². The topological polar surface area (TPSA) is 95.9 Å². The molecule has 0 fully saturated rings. The summed E-state index contributed by atoms with van der Waals surface area (Å²) in [4.78, 5) is 24.5. The number of ether oxygens (including phenoxy) is 1. The van der Waals surface area contributed by atoms with E-state index in [2.05, 4.69) is 43.5 Å². The third-order valence-electron chi connectivity index (χ3n) is 16.0. The number of aliphatic hydroxyl groups excluding tert-OH is 2. The molecule has 1 amide bonds. The van der Waals surface area contributed by atoms with Crippen molar-refractivity contribution in [3.8, 4) is 0 Å². The van der Waals surface area contributed by atoms with Gasteiger partial charge in [-0.1, -0.05) is 334 Å². The van der Waals surface area contributed by atoms with Crippen LogP contribution in [0.4, 0.5) is 0 Å². The fourth-order valence-electron chi connectivity index (χ4n) is 10.8. The highest BCUT2D eigenvalue weighted by Gasteiger charge is 2.20. The Morgan fingerprint density at radius 1 is 0.373 bits per heavy atom. The number of hydrogen-bond acceptors (Lipinski definition) is 5. The largest absolute Gasteiger partial charge is 0.466 e. The number of esters is 1. The highest BCUT2D eigenvalue weighted by atomic mass is 16.5. The van der Waals surface area contributed by atoms with E-state index in [1.165, 1.54) is 302 Å². The lowest BCUT2D eigenvalue weighted by Crippen LogP contribution is -2.45. The molecule has 0 rings (SSSR count). The van der Waals surface area contributed by atoms with Gasteiger partial charge in [-0.3, -0.25) is 9.59 Å². The summed E-state index contributed by atoms with van der Waals surface area (Å²) in [7, 11) is 0. The molecule has 0 aromatic carbocycles. The van der Waals surface area contributed by atoms with Gasteiger partial charge < -0.3 is 20.3 Å². The van der Waals surface area contributed by atoms with E-state index >= 15 is 0 Å². The number of rotatable bonds is 64. The molecule has 0 saturated carbocycles. The molecule has 2 unspecified atom stereocenters. The van der Waals surface area contributed by atoms with Gasteiger partial charge in [0.25, 0.3) is 0 Å². The highest BCUT2D eigenvalue weighted by molar-refractivity contribution is 5.76. The van der Waals surface area contributed by atoms with Crippen molar-refractivity contribution in [2.45, 2.75) is 392 Å². The maximum atomic E-state index is 12.5. The minimum Gasteiger partial charge on any atom is -0.466 e. The summed E-state index contributed by atoms with van der Waals surface area (Å²) in [5.74, 6) is -0.0156. The summed E-state index contributed by atoms with van der Waals surface area (Å²) in [6, 6.07) is -0.538. The van der Waals surface area contributed by atoms with Crippen LogP contribution in [-0.4, -0.2) is 47.4 Å². The van der Waals surface area contributed by atoms with Crippen LogP contribution in [0.1, 0.15) is 380 Å². The Morgan fingerprint density at radius 3 is 1.01 bits per heavy atom. The molecule has 3 N–H and O–H groups in total. The van der Waals surface area contributed by atoms with Crippen molar-refractivity contribution in [2.24, 2.45) is 0 Å². The second-order valence-corrected chi connectivity index (χ2v) is 23.5. The van der Waals surface area contributed by atoms with Crippen molar-refractivity contribution in [3.63, 3.8) is 0 Å². The van der Waals surface area contributed by atoms with E-state index in [1.807, 2.05) is 0 Å². The molecule has 6 heteroatoms. The second-order valence-electron chi connectivity index (χ2n) is 23.5. The van der Waals surface area contributed by atoms with Crippen molar-refractivity contribution in [3.05, 3.63) is 24.3 Å². The zero-order valence-electron chi connectivity index (χ0n) is 50.8. The van der Waals surface area contributed by atoms with Crippen LogP contribution < -0.4 is 5.32 Å². The van der Waals surface area contributed by atoms with Gasteiger partial charge in [0.15, 0.2) is 0 Å². The van der Waals surface area contributed by atoms with Crippen LogP contribution >= 0.6 is 0 Å². The summed E-state index contributed by atoms with van der Waals surface area (Å²) in [5.41, 5.74) is 0. The molecule has 0 aliphatic carbocycles. The van der Waals surface area contributed by atoms with Crippen LogP contribution in [0.25, 0.3) is 0 Å². The minimum atomic E-state index is -0.661. The Kier molecular flexibility index (Phi) is 63.4. The van der Waals surface area contributed by atoms with E-state index in [9.17, 15) is 19.8 Å². The third kappa shape index (κ3) is 61.4. The van der Waals surface area contributed by atoms with Crippen LogP contribution in [0.3, 0.4) is 0 Å². The van der Waals surface area contributed by atoms with Crippen molar-refractivity contribution < 1.29 is 24.5 Å². The molecule has 0 aromatic heterocycles. The predicted octanol–water partition coefficient (Wildman–Crippen LogP) is 21.8. The minimum absolute atomic E-state index is 0.0162.